The first kappa shape index (κ1) is 16.5. The van der Waals surface area contributed by atoms with Crippen molar-refractivity contribution in [1.82, 2.24) is 0 Å². The monoisotopic (exact) mass is 318 g/mol. The van der Waals surface area contributed by atoms with E-state index in [0.29, 0.717) is 5.56 Å². The Morgan fingerprint density at radius 3 is 2.36 bits per heavy atom. The van der Waals surface area contributed by atoms with Crippen LogP contribution in [0.5, 0.6) is 0 Å². The number of halogens is 1. The van der Waals surface area contributed by atoms with E-state index >= 15 is 0 Å². The third-order valence-electron chi connectivity index (χ3n) is 3.80. The zero-order chi connectivity index (χ0) is 16.4. The Labute approximate surface area is 136 Å². The molecule has 0 spiro atoms. The summed E-state index contributed by atoms with van der Waals surface area (Å²) in [5.74, 6) is -0.388. The number of hydrogen-bond donors (Lipinski definition) is 0. The van der Waals surface area contributed by atoms with Crippen molar-refractivity contribution in [3.05, 3.63) is 52.2 Å². The highest BCUT2D eigenvalue weighted by Gasteiger charge is 2.20. The molecule has 3 nitrogen and oxygen atoms in total. The largest absolute Gasteiger partial charge is 0.446 e. The summed E-state index contributed by atoms with van der Waals surface area (Å²) < 4.78 is 7.04. The molecular weight excluding hydrogens is 298 g/mol. The number of aromatic nitrogens is 1. The number of carbonyl (C=O) groups is 1. The van der Waals surface area contributed by atoms with E-state index in [2.05, 4.69) is 37.6 Å². The molecule has 0 unspecified atom stereocenters. The van der Waals surface area contributed by atoms with Crippen molar-refractivity contribution < 1.29 is 14.1 Å². The van der Waals surface area contributed by atoms with Crippen molar-refractivity contribution in [1.29, 1.82) is 0 Å². The fraction of sp³-hybridized carbons (Fsp3) is 0.333. The SMILES string of the molecule is Cc1cc(C)c(-c2cc(C(=O)OCCl)c(C)cc2C)[n+](C)c1. The number of esters is 1. The van der Waals surface area contributed by atoms with Gasteiger partial charge in [-0.3, -0.25) is 0 Å². The average molecular weight is 319 g/mol. The number of aryl methyl sites for hydroxylation is 5. The summed E-state index contributed by atoms with van der Waals surface area (Å²) in [7, 11) is 2.02. The third kappa shape index (κ3) is 3.14. The molecule has 0 saturated carbocycles. The maximum Gasteiger partial charge on any atom is 0.339 e. The minimum absolute atomic E-state index is 0.140. The lowest BCUT2D eigenvalue weighted by Crippen LogP contribution is -2.32. The first-order valence-electron chi connectivity index (χ1n) is 7.16. The standard InChI is InChI=1S/C18H21ClNO2/c1-11-6-14(4)17(20(5)9-11)15-8-16(18(21)22-10-19)13(3)7-12(15)2/h6-9H,10H2,1-5H3/q+1. The van der Waals surface area contributed by atoms with Gasteiger partial charge in [0.25, 0.3) is 0 Å². The van der Waals surface area contributed by atoms with Crippen molar-refractivity contribution in [2.75, 3.05) is 6.07 Å². The van der Waals surface area contributed by atoms with Crippen LogP contribution < -0.4 is 4.57 Å². The van der Waals surface area contributed by atoms with E-state index in [1.165, 1.54) is 11.1 Å². The Balaban J connectivity index is 2.66. The van der Waals surface area contributed by atoms with E-state index in [-0.39, 0.29) is 12.0 Å². The van der Waals surface area contributed by atoms with Gasteiger partial charge in [-0.05, 0) is 51.0 Å². The van der Waals surface area contributed by atoms with Crippen LogP contribution in [-0.2, 0) is 11.8 Å². The summed E-state index contributed by atoms with van der Waals surface area (Å²) in [5, 5.41) is 0. The summed E-state index contributed by atoms with van der Waals surface area (Å²) in [4.78, 5) is 12.1. The first-order chi connectivity index (χ1) is 10.3. The summed E-state index contributed by atoms with van der Waals surface area (Å²) in [6.07, 6.45) is 2.08. The van der Waals surface area contributed by atoms with Crippen molar-refractivity contribution in [2.45, 2.75) is 27.7 Å². The quantitative estimate of drug-likeness (QED) is 0.490. The van der Waals surface area contributed by atoms with E-state index in [1.54, 1.807) is 0 Å². The van der Waals surface area contributed by atoms with E-state index in [0.717, 1.165) is 22.4 Å². The normalized spacial score (nSPS) is 10.6. The molecule has 1 heterocycles. The van der Waals surface area contributed by atoms with Crippen molar-refractivity contribution >= 4 is 17.6 Å². The van der Waals surface area contributed by atoms with Gasteiger partial charge < -0.3 is 4.74 Å². The van der Waals surface area contributed by atoms with Crippen molar-refractivity contribution in [3.63, 3.8) is 0 Å². The predicted octanol–water partition coefficient (Wildman–Crippen LogP) is 3.76. The Morgan fingerprint density at radius 2 is 1.77 bits per heavy atom. The van der Waals surface area contributed by atoms with Gasteiger partial charge in [-0.15, -0.1) is 0 Å². The molecule has 0 N–H and O–H groups in total. The van der Waals surface area contributed by atoms with Gasteiger partial charge in [0.1, 0.15) is 7.05 Å². The Bertz CT molecular complexity index is 715. The summed E-state index contributed by atoms with van der Waals surface area (Å²) >= 11 is 5.51. The van der Waals surface area contributed by atoms with Gasteiger partial charge in [-0.1, -0.05) is 17.7 Å². The van der Waals surface area contributed by atoms with Crippen LogP contribution in [0.3, 0.4) is 0 Å². The third-order valence-corrected chi connectivity index (χ3v) is 3.91. The molecule has 0 fully saturated rings. The Hall–Kier alpha value is -1.87. The van der Waals surface area contributed by atoms with E-state index < -0.39 is 0 Å². The number of hydrogen-bond acceptors (Lipinski definition) is 2. The molecule has 2 rings (SSSR count). The number of pyridine rings is 1. The molecule has 1 aromatic heterocycles. The summed E-state index contributed by atoms with van der Waals surface area (Å²) in [6, 6.07) is 5.92. The zero-order valence-electron chi connectivity index (χ0n) is 13.7. The average Bonchev–Trinajstić information content (AvgIpc) is 2.40. The van der Waals surface area contributed by atoms with Crippen LogP contribution in [-0.4, -0.2) is 12.0 Å². The Morgan fingerprint density at radius 1 is 1.09 bits per heavy atom. The second-order valence-electron chi connectivity index (χ2n) is 5.68. The molecule has 0 aliphatic rings. The number of ether oxygens (including phenoxy) is 1. The molecule has 0 saturated heterocycles. The van der Waals surface area contributed by atoms with Gasteiger partial charge in [0.2, 0.25) is 5.69 Å². The Kier molecular flexibility index (Phi) is 4.87. The molecule has 0 radical (unpaired) electrons. The van der Waals surface area contributed by atoms with E-state index in [9.17, 15) is 4.79 Å². The highest BCUT2D eigenvalue weighted by Crippen LogP contribution is 2.27. The lowest BCUT2D eigenvalue weighted by Gasteiger charge is -2.12. The zero-order valence-corrected chi connectivity index (χ0v) is 14.4. The van der Waals surface area contributed by atoms with Crippen molar-refractivity contribution in [3.8, 4) is 11.3 Å². The van der Waals surface area contributed by atoms with Gasteiger partial charge in [-0.2, -0.15) is 0 Å². The van der Waals surface area contributed by atoms with Crippen LogP contribution in [0.1, 0.15) is 32.6 Å². The molecule has 22 heavy (non-hydrogen) atoms. The fourth-order valence-corrected chi connectivity index (χ4v) is 3.05. The highest BCUT2D eigenvalue weighted by atomic mass is 35.5. The maximum atomic E-state index is 12.1. The second kappa shape index (κ2) is 6.49. The van der Waals surface area contributed by atoms with Crippen LogP contribution in [0.2, 0.25) is 0 Å². The van der Waals surface area contributed by atoms with Crippen LogP contribution in [0.4, 0.5) is 0 Å². The number of rotatable bonds is 3. The predicted molar refractivity (Wildman–Crippen MR) is 88.1 cm³/mol. The molecule has 4 heteroatoms. The molecule has 0 aliphatic heterocycles. The fourth-order valence-electron chi connectivity index (χ4n) is 2.95. The number of benzene rings is 1. The van der Waals surface area contributed by atoms with Gasteiger partial charge in [-0.25, -0.2) is 9.36 Å². The van der Waals surface area contributed by atoms with Crippen LogP contribution >= 0.6 is 11.6 Å². The van der Waals surface area contributed by atoms with Gasteiger partial charge in [0.15, 0.2) is 12.3 Å². The number of alkyl halides is 1. The van der Waals surface area contributed by atoms with Crippen LogP contribution in [0, 0.1) is 27.7 Å². The smallest absolute Gasteiger partial charge is 0.339 e. The first-order valence-corrected chi connectivity index (χ1v) is 7.70. The van der Waals surface area contributed by atoms with E-state index in [1.807, 2.05) is 26.1 Å². The minimum Gasteiger partial charge on any atom is -0.446 e. The van der Waals surface area contributed by atoms with Crippen LogP contribution in [0.15, 0.2) is 24.4 Å². The van der Waals surface area contributed by atoms with E-state index in [4.69, 9.17) is 16.3 Å². The highest BCUT2D eigenvalue weighted by molar-refractivity contribution is 6.17. The van der Waals surface area contributed by atoms with Gasteiger partial charge >= 0.3 is 5.97 Å². The molecule has 0 amide bonds. The molecule has 0 atom stereocenters. The van der Waals surface area contributed by atoms with Crippen LogP contribution in [0.25, 0.3) is 11.3 Å². The van der Waals surface area contributed by atoms with Gasteiger partial charge in [0, 0.05) is 11.1 Å². The summed E-state index contributed by atoms with van der Waals surface area (Å²) in [5.41, 5.74) is 7.09. The molecule has 1 aromatic carbocycles. The molecule has 0 aliphatic carbocycles. The second-order valence-corrected chi connectivity index (χ2v) is 5.90. The topological polar surface area (TPSA) is 30.2 Å². The number of nitrogens with zero attached hydrogens (tertiary/aromatic N) is 1. The molecule has 0 bridgehead atoms. The molecular formula is C18H21ClNO2+. The minimum atomic E-state index is -0.388. The maximum absolute atomic E-state index is 12.1. The lowest BCUT2D eigenvalue weighted by molar-refractivity contribution is -0.661. The molecule has 116 valence electrons. The molecule has 2 aromatic rings. The summed E-state index contributed by atoms with van der Waals surface area (Å²) in [6.45, 7) is 8.11. The number of carbonyl (C=O) groups excluding carboxylic acids is 1. The van der Waals surface area contributed by atoms with Crippen molar-refractivity contribution in [2.24, 2.45) is 7.05 Å². The lowest BCUT2D eigenvalue weighted by atomic mass is 9.95. The van der Waals surface area contributed by atoms with Gasteiger partial charge in [0.05, 0.1) is 11.1 Å².